The molecule has 0 unspecified atom stereocenters. The molecule has 0 aromatic heterocycles. The molecule has 0 atom stereocenters. The Morgan fingerprint density at radius 3 is 1.47 bits per heavy atom. The van der Waals surface area contributed by atoms with Crippen molar-refractivity contribution in [2.24, 2.45) is 0 Å². The molecule has 0 aromatic rings. The van der Waals surface area contributed by atoms with Crippen LogP contribution in [-0.2, 0) is 43.0 Å². The third kappa shape index (κ3) is 21.8. The Bertz CT molecular complexity index is 1100. The molecule has 0 aliphatic carbocycles. The van der Waals surface area contributed by atoms with Crippen molar-refractivity contribution in [3.63, 3.8) is 0 Å². The summed E-state index contributed by atoms with van der Waals surface area (Å²) >= 11 is 0. The zero-order chi connectivity index (χ0) is 35.8. The van der Waals surface area contributed by atoms with Crippen LogP contribution in [0, 0.1) is 0 Å². The maximum absolute atomic E-state index is 12.6. The van der Waals surface area contributed by atoms with Gasteiger partial charge in [-0.3, -0.25) is 38.6 Å². The van der Waals surface area contributed by atoms with E-state index in [4.69, 9.17) is 14.2 Å². The second-order valence-electron chi connectivity index (χ2n) is 10.5. The van der Waals surface area contributed by atoms with E-state index in [0.717, 1.165) is 0 Å². The minimum absolute atomic E-state index is 0.0490. The van der Waals surface area contributed by atoms with Crippen LogP contribution in [0.5, 0.6) is 0 Å². The van der Waals surface area contributed by atoms with Gasteiger partial charge in [0.2, 0.25) is 23.6 Å². The number of ether oxygens (including phenoxy) is 3. The largest absolute Gasteiger partial charge is 0.468 e. The van der Waals surface area contributed by atoms with Gasteiger partial charge in [-0.15, -0.1) is 0 Å². The smallest absolute Gasteiger partial charge is 0.409 e. The molecule has 5 amide bonds. The van der Waals surface area contributed by atoms with Crippen molar-refractivity contribution in [1.29, 1.82) is 0 Å². The molecule has 0 radical (unpaired) electrons. The predicted molar refractivity (Wildman–Crippen MR) is 172 cm³/mol. The van der Waals surface area contributed by atoms with E-state index in [1.165, 1.54) is 35.8 Å². The van der Waals surface area contributed by atoms with Gasteiger partial charge in [-0.1, -0.05) is 13.2 Å². The number of hydrogen-bond acceptors (Lipinski definition) is 12. The highest BCUT2D eigenvalue weighted by Crippen LogP contribution is 2.00. The summed E-state index contributed by atoms with van der Waals surface area (Å²) in [6.45, 7) is 12.4. The Balaban J connectivity index is 5.14. The summed E-state index contributed by atoms with van der Waals surface area (Å²) in [6.07, 6.45) is 0.282. The van der Waals surface area contributed by atoms with E-state index < -0.39 is 18.0 Å². The van der Waals surface area contributed by atoms with Gasteiger partial charge in [-0.05, 0) is 26.7 Å². The standard InChI is InChI=1S/C30H51N7O10/c1-22(2)28(42)33-12-8-10-31-25(39)18-35(20-27(41)45-6)14-16-37(30(44)46-7)17-15-36(21-47-24(5)38)19-26(40)32-11-9-13-34-29(43)23(3)4/h1,3,8-21H2,2,4-7H3,(H,31,39)(H,32,40)(H,33,42)(H,34,43). The lowest BCUT2D eigenvalue weighted by Crippen LogP contribution is -2.47. The maximum Gasteiger partial charge on any atom is 0.409 e. The highest BCUT2D eigenvalue weighted by molar-refractivity contribution is 5.92. The quantitative estimate of drug-likeness (QED) is 0.0313. The lowest BCUT2D eigenvalue weighted by atomic mass is 10.3. The van der Waals surface area contributed by atoms with Crippen molar-refractivity contribution in [3.8, 4) is 0 Å². The first kappa shape index (κ1) is 42.5. The normalized spacial score (nSPS) is 10.4. The molecular weight excluding hydrogens is 618 g/mol. The summed E-state index contributed by atoms with van der Waals surface area (Å²) in [4.78, 5) is 88.6. The second kappa shape index (κ2) is 24.7. The summed E-state index contributed by atoms with van der Waals surface area (Å²) in [5, 5.41) is 10.8. The minimum Gasteiger partial charge on any atom is -0.468 e. The Morgan fingerprint density at radius 1 is 0.596 bits per heavy atom. The number of esters is 2. The average Bonchev–Trinajstić information content (AvgIpc) is 3.01. The van der Waals surface area contributed by atoms with Crippen molar-refractivity contribution < 1.29 is 47.8 Å². The van der Waals surface area contributed by atoms with Crippen molar-refractivity contribution in [1.82, 2.24) is 36.0 Å². The molecule has 0 aromatic carbocycles. The van der Waals surface area contributed by atoms with Gasteiger partial charge >= 0.3 is 18.0 Å². The number of nitrogens with one attached hydrogen (secondary N) is 4. The fraction of sp³-hybridized carbons (Fsp3) is 0.633. The van der Waals surface area contributed by atoms with Crippen LogP contribution in [0.4, 0.5) is 4.79 Å². The van der Waals surface area contributed by atoms with Gasteiger partial charge in [0, 0.05) is 70.4 Å². The Kier molecular flexibility index (Phi) is 22.3. The van der Waals surface area contributed by atoms with Gasteiger partial charge < -0.3 is 40.4 Å². The molecule has 0 rings (SSSR count). The fourth-order valence-corrected chi connectivity index (χ4v) is 3.64. The van der Waals surface area contributed by atoms with E-state index in [1.807, 2.05) is 0 Å². The summed E-state index contributed by atoms with van der Waals surface area (Å²) in [6, 6.07) is 0. The SMILES string of the molecule is C=C(C)C(=O)NCCCNC(=O)CN(CCN(CCN(CC(=O)NCCCNC(=O)C(=C)C)CC(=O)OC)C(=O)OC)COC(C)=O. The Morgan fingerprint density at radius 2 is 1.04 bits per heavy atom. The summed E-state index contributed by atoms with van der Waals surface area (Å²) in [7, 11) is 2.42. The van der Waals surface area contributed by atoms with Gasteiger partial charge in [0.05, 0.1) is 33.9 Å². The first-order valence-electron chi connectivity index (χ1n) is 15.1. The molecule has 266 valence electrons. The lowest BCUT2D eigenvalue weighted by molar-refractivity contribution is -0.147. The van der Waals surface area contributed by atoms with Gasteiger partial charge in [0.1, 0.15) is 6.73 Å². The summed E-state index contributed by atoms with van der Waals surface area (Å²) in [5.41, 5.74) is 0.762. The zero-order valence-corrected chi connectivity index (χ0v) is 28.2. The highest BCUT2D eigenvalue weighted by atomic mass is 16.5. The first-order valence-corrected chi connectivity index (χ1v) is 15.1. The Hall–Kier alpha value is -4.51. The molecule has 0 aliphatic rings. The Labute approximate surface area is 276 Å². The molecule has 17 nitrogen and oxygen atoms in total. The summed E-state index contributed by atoms with van der Waals surface area (Å²) < 4.78 is 14.7. The number of rotatable bonds is 24. The van der Waals surface area contributed by atoms with Gasteiger partial charge in [0.25, 0.3) is 0 Å². The van der Waals surface area contributed by atoms with Crippen molar-refractivity contribution in [2.75, 3.05) is 92.9 Å². The molecule has 47 heavy (non-hydrogen) atoms. The molecule has 0 spiro atoms. The van der Waals surface area contributed by atoms with Crippen LogP contribution in [0.1, 0.15) is 33.6 Å². The third-order valence-corrected chi connectivity index (χ3v) is 6.27. The average molecular weight is 670 g/mol. The van der Waals surface area contributed by atoms with Crippen LogP contribution in [0.2, 0.25) is 0 Å². The minimum atomic E-state index is -0.682. The second-order valence-corrected chi connectivity index (χ2v) is 10.5. The van der Waals surface area contributed by atoms with Crippen molar-refractivity contribution >= 4 is 41.7 Å². The van der Waals surface area contributed by atoms with Crippen molar-refractivity contribution in [2.45, 2.75) is 33.6 Å². The molecule has 0 fully saturated rings. The topological polar surface area (TPSA) is 205 Å². The van der Waals surface area contributed by atoms with E-state index in [9.17, 15) is 33.6 Å². The van der Waals surface area contributed by atoms with Gasteiger partial charge in [-0.25, -0.2) is 4.79 Å². The molecule has 17 heteroatoms. The number of carbonyl (C=O) groups is 7. The van der Waals surface area contributed by atoms with E-state index in [-0.39, 0.29) is 82.7 Å². The molecule has 0 heterocycles. The number of methoxy groups -OCH3 is 2. The van der Waals surface area contributed by atoms with E-state index in [1.54, 1.807) is 13.8 Å². The number of hydrogen-bond donors (Lipinski definition) is 4. The molecule has 0 bridgehead atoms. The monoisotopic (exact) mass is 669 g/mol. The molecule has 0 saturated heterocycles. The first-order chi connectivity index (χ1) is 22.2. The van der Waals surface area contributed by atoms with E-state index in [2.05, 4.69) is 34.4 Å². The van der Waals surface area contributed by atoms with Crippen LogP contribution >= 0.6 is 0 Å². The number of amides is 5. The highest BCUT2D eigenvalue weighted by Gasteiger charge is 2.21. The van der Waals surface area contributed by atoms with Crippen molar-refractivity contribution in [3.05, 3.63) is 24.3 Å². The number of carbonyl (C=O) groups excluding carboxylic acids is 7. The van der Waals surface area contributed by atoms with Crippen LogP contribution in [0.3, 0.4) is 0 Å². The summed E-state index contributed by atoms with van der Waals surface area (Å²) in [5.74, 6) is -2.41. The number of nitrogens with zero attached hydrogens (tertiary/aromatic N) is 3. The lowest BCUT2D eigenvalue weighted by Gasteiger charge is -2.28. The van der Waals surface area contributed by atoms with E-state index >= 15 is 0 Å². The zero-order valence-electron chi connectivity index (χ0n) is 28.2. The predicted octanol–water partition coefficient (Wildman–Crippen LogP) is -1.25. The third-order valence-electron chi connectivity index (χ3n) is 6.27. The molecule has 0 saturated carbocycles. The molecule has 0 aliphatic heterocycles. The van der Waals surface area contributed by atoms with Gasteiger partial charge in [0.15, 0.2) is 0 Å². The molecule has 4 N–H and O–H groups in total. The maximum atomic E-state index is 12.6. The van der Waals surface area contributed by atoms with Crippen LogP contribution in [0.15, 0.2) is 24.3 Å². The fourth-order valence-electron chi connectivity index (χ4n) is 3.64. The van der Waals surface area contributed by atoms with E-state index in [0.29, 0.717) is 43.6 Å². The molecular formula is C30H51N7O10. The van der Waals surface area contributed by atoms with Gasteiger partial charge in [-0.2, -0.15) is 0 Å². The van der Waals surface area contributed by atoms with Crippen LogP contribution in [-0.4, -0.2) is 149 Å². The van der Waals surface area contributed by atoms with Crippen LogP contribution < -0.4 is 21.3 Å². The van der Waals surface area contributed by atoms with Crippen LogP contribution in [0.25, 0.3) is 0 Å².